The molecule has 100 valence electrons. The van der Waals surface area contributed by atoms with Crippen molar-refractivity contribution in [3.05, 3.63) is 55.9 Å². The van der Waals surface area contributed by atoms with Crippen molar-refractivity contribution in [2.75, 3.05) is 0 Å². The topological polar surface area (TPSA) is 46.0 Å². The lowest BCUT2D eigenvalue weighted by molar-refractivity contribution is 0.872. The number of thiophene rings is 1. The van der Waals surface area contributed by atoms with Crippen LogP contribution in [0.3, 0.4) is 0 Å². The normalized spacial score (nSPS) is 11.2. The van der Waals surface area contributed by atoms with Gasteiger partial charge in [-0.25, -0.2) is 5.10 Å². The van der Waals surface area contributed by atoms with Crippen molar-refractivity contribution in [3.8, 4) is 11.4 Å². The number of nitrogens with zero attached hydrogens (tertiary/aromatic N) is 3. The number of hydrogen-bond acceptors (Lipinski definition) is 4. The molecule has 0 bridgehead atoms. The van der Waals surface area contributed by atoms with Crippen LogP contribution in [-0.2, 0) is 0 Å². The van der Waals surface area contributed by atoms with E-state index in [0.29, 0.717) is 10.6 Å². The molecule has 20 heavy (non-hydrogen) atoms. The molecule has 3 aromatic rings. The third-order valence-electron chi connectivity index (χ3n) is 2.58. The Kier molecular flexibility index (Phi) is 3.90. The van der Waals surface area contributed by atoms with Crippen LogP contribution >= 0.6 is 39.5 Å². The van der Waals surface area contributed by atoms with Gasteiger partial charge in [-0.05, 0) is 40.3 Å². The quantitative estimate of drug-likeness (QED) is 0.555. The lowest BCUT2D eigenvalue weighted by Crippen LogP contribution is -1.94. The molecule has 0 amide bonds. The van der Waals surface area contributed by atoms with Gasteiger partial charge >= 0.3 is 0 Å². The summed E-state index contributed by atoms with van der Waals surface area (Å²) in [5.74, 6) is 0.697. The molecule has 0 atom stereocenters. The minimum atomic E-state index is 0.468. The van der Waals surface area contributed by atoms with Gasteiger partial charge in [0.25, 0.3) is 0 Å². The number of nitrogens with one attached hydrogen (secondary N) is 1. The standard InChI is InChI=1S/C13H9BrN4S2/c14-11-7-6-10(20-11)8-15-18-12(16-17-13(18)19)9-4-2-1-3-5-9/h1-8H,(H,17,19)/b15-8-. The van der Waals surface area contributed by atoms with E-state index >= 15 is 0 Å². The molecular formula is C13H9BrN4S2. The molecule has 0 spiro atoms. The fourth-order valence-electron chi connectivity index (χ4n) is 1.69. The van der Waals surface area contributed by atoms with Gasteiger partial charge in [0.15, 0.2) is 5.82 Å². The fraction of sp³-hybridized carbons (Fsp3) is 0. The van der Waals surface area contributed by atoms with Crippen LogP contribution in [0.15, 0.2) is 51.4 Å². The minimum Gasteiger partial charge on any atom is -0.250 e. The molecule has 0 aliphatic heterocycles. The van der Waals surface area contributed by atoms with Gasteiger partial charge in [0.1, 0.15) is 0 Å². The van der Waals surface area contributed by atoms with Gasteiger partial charge in [-0.3, -0.25) is 0 Å². The maximum atomic E-state index is 5.22. The largest absolute Gasteiger partial charge is 0.250 e. The van der Waals surface area contributed by atoms with Crippen molar-refractivity contribution in [2.24, 2.45) is 5.10 Å². The molecule has 0 unspecified atom stereocenters. The number of aromatic nitrogens is 3. The second-order valence-electron chi connectivity index (χ2n) is 3.92. The molecule has 2 heterocycles. The Balaban J connectivity index is 2.00. The van der Waals surface area contributed by atoms with Crippen LogP contribution < -0.4 is 0 Å². The Hall–Kier alpha value is -1.57. The summed E-state index contributed by atoms with van der Waals surface area (Å²) in [5, 5.41) is 11.4. The summed E-state index contributed by atoms with van der Waals surface area (Å²) >= 11 is 10.3. The van der Waals surface area contributed by atoms with Crippen LogP contribution in [0.2, 0.25) is 0 Å². The van der Waals surface area contributed by atoms with Crippen LogP contribution in [-0.4, -0.2) is 21.1 Å². The van der Waals surface area contributed by atoms with Crippen LogP contribution in [0, 0.1) is 4.77 Å². The number of hydrogen-bond donors (Lipinski definition) is 1. The van der Waals surface area contributed by atoms with E-state index in [1.807, 2.05) is 42.5 Å². The SMILES string of the molecule is S=c1[nH]nc(-c2ccccc2)n1/N=C\c1ccc(Br)s1. The first-order chi connectivity index (χ1) is 9.74. The van der Waals surface area contributed by atoms with Crippen molar-refractivity contribution in [1.29, 1.82) is 0 Å². The molecule has 3 rings (SSSR count). The molecule has 7 heteroatoms. The van der Waals surface area contributed by atoms with E-state index in [0.717, 1.165) is 14.2 Å². The van der Waals surface area contributed by atoms with E-state index in [2.05, 4.69) is 31.2 Å². The third-order valence-corrected chi connectivity index (χ3v) is 4.40. The molecule has 4 nitrogen and oxygen atoms in total. The molecule has 1 N–H and O–H groups in total. The predicted molar refractivity (Wildman–Crippen MR) is 87.9 cm³/mol. The Labute approximate surface area is 132 Å². The summed E-state index contributed by atoms with van der Waals surface area (Å²) in [6.07, 6.45) is 1.77. The summed E-state index contributed by atoms with van der Waals surface area (Å²) in [6, 6.07) is 13.8. The highest BCUT2D eigenvalue weighted by atomic mass is 79.9. The second kappa shape index (κ2) is 5.82. The van der Waals surface area contributed by atoms with Gasteiger partial charge in [-0.1, -0.05) is 30.3 Å². The molecule has 2 aromatic heterocycles. The highest BCUT2D eigenvalue weighted by Gasteiger charge is 2.07. The van der Waals surface area contributed by atoms with Gasteiger partial charge in [0.05, 0.1) is 10.0 Å². The van der Waals surface area contributed by atoms with E-state index in [9.17, 15) is 0 Å². The first-order valence-corrected chi connectivity index (χ1v) is 7.78. The fourth-order valence-corrected chi connectivity index (χ4v) is 3.15. The Morgan fingerprint density at radius 1 is 1.25 bits per heavy atom. The zero-order valence-corrected chi connectivity index (χ0v) is 13.4. The van der Waals surface area contributed by atoms with E-state index in [1.165, 1.54) is 0 Å². The molecule has 1 aromatic carbocycles. The van der Waals surface area contributed by atoms with E-state index in [1.54, 1.807) is 22.2 Å². The lowest BCUT2D eigenvalue weighted by Gasteiger charge is -1.99. The molecule has 0 fully saturated rings. The summed E-state index contributed by atoms with van der Waals surface area (Å²) < 4.78 is 3.16. The number of H-pyrrole nitrogens is 1. The van der Waals surface area contributed by atoms with Crippen molar-refractivity contribution in [1.82, 2.24) is 14.9 Å². The molecular weight excluding hydrogens is 356 g/mol. The van der Waals surface area contributed by atoms with Gasteiger partial charge in [0, 0.05) is 10.4 Å². The first kappa shape index (κ1) is 13.4. The van der Waals surface area contributed by atoms with Gasteiger partial charge in [0.2, 0.25) is 4.77 Å². The van der Waals surface area contributed by atoms with Crippen molar-refractivity contribution in [3.63, 3.8) is 0 Å². The number of aromatic amines is 1. The monoisotopic (exact) mass is 364 g/mol. The predicted octanol–water partition coefficient (Wildman–Crippen LogP) is 4.31. The van der Waals surface area contributed by atoms with Crippen LogP contribution in [0.1, 0.15) is 4.88 Å². The number of halogens is 1. The summed E-state index contributed by atoms with van der Waals surface area (Å²) in [6.45, 7) is 0. The smallest absolute Gasteiger partial charge is 0.216 e. The van der Waals surface area contributed by atoms with E-state index in [-0.39, 0.29) is 0 Å². The van der Waals surface area contributed by atoms with E-state index < -0.39 is 0 Å². The molecule has 0 saturated carbocycles. The van der Waals surface area contributed by atoms with Crippen LogP contribution in [0.5, 0.6) is 0 Å². The maximum absolute atomic E-state index is 5.22. The Morgan fingerprint density at radius 2 is 2.05 bits per heavy atom. The summed E-state index contributed by atoms with van der Waals surface area (Å²) in [7, 11) is 0. The van der Waals surface area contributed by atoms with Gasteiger partial charge in [-0.15, -0.1) is 11.3 Å². The Bertz CT molecular complexity index is 801. The average Bonchev–Trinajstić information content (AvgIpc) is 3.04. The third kappa shape index (κ3) is 2.79. The second-order valence-corrected chi connectivity index (χ2v) is 6.80. The molecule has 0 aliphatic carbocycles. The van der Waals surface area contributed by atoms with Crippen molar-refractivity contribution < 1.29 is 0 Å². The summed E-state index contributed by atoms with van der Waals surface area (Å²) in [5.41, 5.74) is 0.962. The highest BCUT2D eigenvalue weighted by Crippen LogP contribution is 2.21. The number of rotatable bonds is 3. The summed E-state index contributed by atoms with van der Waals surface area (Å²) in [4.78, 5) is 1.04. The van der Waals surface area contributed by atoms with Crippen LogP contribution in [0.25, 0.3) is 11.4 Å². The molecule has 0 aliphatic rings. The van der Waals surface area contributed by atoms with Crippen LogP contribution in [0.4, 0.5) is 0 Å². The zero-order chi connectivity index (χ0) is 13.9. The van der Waals surface area contributed by atoms with Crippen molar-refractivity contribution in [2.45, 2.75) is 0 Å². The van der Waals surface area contributed by atoms with Gasteiger partial charge < -0.3 is 0 Å². The Morgan fingerprint density at radius 3 is 2.75 bits per heavy atom. The zero-order valence-electron chi connectivity index (χ0n) is 10.2. The lowest BCUT2D eigenvalue weighted by atomic mass is 10.2. The average molecular weight is 365 g/mol. The molecule has 0 radical (unpaired) electrons. The minimum absolute atomic E-state index is 0.468. The first-order valence-electron chi connectivity index (χ1n) is 5.76. The van der Waals surface area contributed by atoms with Gasteiger partial charge in [-0.2, -0.15) is 14.9 Å². The molecule has 0 saturated heterocycles. The van der Waals surface area contributed by atoms with Crippen molar-refractivity contribution >= 4 is 45.7 Å². The number of benzene rings is 1. The maximum Gasteiger partial charge on any atom is 0.216 e. The van der Waals surface area contributed by atoms with E-state index in [4.69, 9.17) is 12.2 Å². The highest BCUT2D eigenvalue weighted by molar-refractivity contribution is 9.11.